The summed E-state index contributed by atoms with van der Waals surface area (Å²) in [6.07, 6.45) is 5.78. The van der Waals surface area contributed by atoms with Crippen molar-refractivity contribution in [2.75, 3.05) is 0 Å². The lowest BCUT2D eigenvalue weighted by molar-refractivity contribution is -0.409. The second-order valence-electron chi connectivity index (χ2n) is 7.50. The topological polar surface area (TPSA) is 29.5 Å². The van der Waals surface area contributed by atoms with Gasteiger partial charge in [0.25, 0.3) is 0 Å². The van der Waals surface area contributed by atoms with E-state index in [0.717, 1.165) is 25.7 Å². The molecule has 4 rings (SSSR count). The maximum Gasteiger partial charge on any atom is 0.171 e. The maximum atomic E-state index is 10.9. The fourth-order valence-electron chi connectivity index (χ4n) is 4.91. The summed E-state index contributed by atoms with van der Waals surface area (Å²) in [7, 11) is 0. The third kappa shape index (κ3) is 1.29. The highest BCUT2D eigenvalue weighted by molar-refractivity contribution is 5.14. The Morgan fingerprint density at radius 3 is 2.47 bits per heavy atom. The van der Waals surface area contributed by atoms with Crippen LogP contribution in [0.4, 0.5) is 0 Å². The van der Waals surface area contributed by atoms with Crippen LogP contribution >= 0.6 is 0 Å². The molecule has 4 fully saturated rings. The Kier molecular flexibility index (Phi) is 2.30. The summed E-state index contributed by atoms with van der Waals surface area (Å²) >= 11 is 0. The second-order valence-corrected chi connectivity index (χ2v) is 7.50. The molecule has 0 spiro atoms. The summed E-state index contributed by atoms with van der Waals surface area (Å²) in [4.78, 5) is 0. The zero-order valence-corrected chi connectivity index (χ0v) is 11.6. The predicted octanol–water partition coefficient (Wildman–Crippen LogP) is 3.34. The molecule has 1 N–H and O–H groups in total. The van der Waals surface area contributed by atoms with E-state index in [1.54, 1.807) is 0 Å². The van der Waals surface area contributed by atoms with E-state index in [4.69, 9.17) is 4.74 Å². The van der Waals surface area contributed by atoms with Gasteiger partial charge in [0.2, 0.25) is 0 Å². The van der Waals surface area contributed by atoms with Gasteiger partial charge < -0.3 is 9.84 Å². The molecular weight excluding hydrogens is 212 g/mol. The smallest absolute Gasteiger partial charge is 0.171 e. The van der Waals surface area contributed by atoms with E-state index in [0.29, 0.717) is 11.8 Å². The molecule has 0 unspecified atom stereocenters. The minimum atomic E-state index is -0.839. The van der Waals surface area contributed by atoms with Crippen molar-refractivity contribution in [2.45, 2.75) is 71.7 Å². The zero-order chi connectivity index (χ0) is 12.5. The lowest BCUT2D eigenvalue weighted by Gasteiger charge is -2.69. The van der Waals surface area contributed by atoms with Crippen molar-refractivity contribution in [1.82, 2.24) is 0 Å². The average Bonchev–Trinajstić information content (AvgIpc) is 2.18. The van der Waals surface area contributed by atoms with Crippen LogP contribution in [0, 0.1) is 22.7 Å². The molecule has 98 valence electrons. The summed E-state index contributed by atoms with van der Waals surface area (Å²) in [5.74, 6) is 0.452. The molecule has 2 saturated heterocycles. The van der Waals surface area contributed by atoms with Crippen molar-refractivity contribution in [1.29, 1.82) is 0 Å². The van der Waals surface area contributed by atoms with Crippen LogP contribution in [0.25, 0.3) is 0 Å². The molecule has 2 aliphatic heterocycles. The van der Waals surface area contributed by atoms with Crippen molar-refractivity contribution in [3.63, 3.8) is 0 Å². The molecule has 4 aliphatic rings. The van der Waals surface area contributed by atoms with Crippen molar-refractivity contribution in [3.8, 4) is 0 Å². The molecule has 2 heterocycles. The molecule has 0 amide bonds. The molecule has 2 aliphatic carbocycles. The Labute approximate surface area is 105 Å². The highest BCUT2D eigenvalue weighted by Gasteiger charge is 2.69. The summed E-state index contributed by atoms with van der Waals surface area (Å²) in [6, 6.07) is 0. The van der Waals surface area contributed by atoms with Crippen LogP contribution in [0.3, 0.4) is 0 Å². The first-order valence-electron chi connectivity index (χ1n) is 7.22. The number of aliphatic hydroxyl groups is 1. The second kappa shape index (κ2) is 3.27. The van der Waals surface area contributed by atoms with Crippen LogP contribution in [-0.4, -0.2) is 17.0 Å². The number of rotatable bonds is 1. The van der Waals surface area contributed by atoms with Gasteiger partial charge in [-0.1, -0.05) is 27.7 Å². The van der Waals surface area contributed by atoms with Crippen molar-refractivity contribution in [2.24, 2.45) is 22.7 Å². The predicted molar refractivity (Wildman–Crippen MR) is 67.4 cm³/mol. The third-order valence-electron chi connectivity index (χ3n) is 6.41. The molecule has 0 aromatic carbocycles. The van der Waals surface area contributed by atoms with Gasteiger partial charge in [0, 0.05) is 11.8 Å². The molecular formula is C15H26O2. The minimum absolute atomic E-state index is 0.0397. The third-order valence-corrected chi connectivity index (χ3v) is 6.41. The molecule has 2 heteroatoms. The van der Waals surface area contributed by atoms with Gasteiger partial charge in [-0.2, -0.15) is 0 Å². The van der Waals surface area contributed by atoms with Crippen molar-refractivity contribution < 1.29 is 9.84 Å². The fourth-order valence-corrected chi connectivity index (χ4v) is 4.91. The van der Waals surface area contributed by atoms with Gasteiger partial charge in [-0.15, -0.1) is 0 Å². The summed E-state index contributed by atoms with van der Waals surface area (Å²) in [5, 5.41) is 10.9. The molecule has 0 radical (unpaired) electrons. The number of fused-ring (bicyclic) bond motifs is 1. The summed E-state index contributed by atoms with van der Waals surface area (Å²) in [5.41, 5.74) is 0.246. The summed E-state index contributed by atoms with van der Waals surface area (Å²) < 4.78 is 6.14. The Morgan fingerprint density at radius 2 is 1.88 bits per heavy atom. The SMILES string of the molecule is CC(C)[C@@H]1C[C@]2(C)[C@@]3(C)CCC[C@]2(O)O[C@@H]1C3. The van der Waals surface area contributed by atoms with Crippen LogP contribution in [0.15, 0.2) is 0 Å². The lowest BCUT2D eigenvalue weighted by atomic mass is 9.44. The largest absolute Gasteiger partial charge is 0.365 e. The number of hydrogen-bond donors (Lipinski definition) is 1. The molecule has 2 saturated carbocycles. The number of ether oxygens (including phenoxy) is 1. The van der Waals surface area contributed by atoms with E-state index in [9.17, 15) is 5.11 Å². The van der Waals surface area contributed by atoms with Crippen LogP contribution in [-0.2, 0) is 4.74 Å². The Balaban J connectivity index is 2.02. The van der Waals surface area contributed by atoms with E-state index in [1.807, 2.05) is 0 Å². The first-order valence-corrected chi connectivity index (χ1v) is 7.22. The van der Waals surface area contributed by atoms with Gasteiger partial charge >= 0.3 is 0 Å². The Bertz CT molecular complexity index is 318. The molecule has 4 bridgehead atoms. The van der Waals surface area contributed by atoms with Crippen LogP contribution < -0.4 is 0 Å². The first-order chi connectivity index (χ1) is 7.81. The first kappa shape index (κ1) is 12.0. The Hall–Kier alpha value is -0.0800. The van der Waals surface area contributed by atoms with Gasteiger partial charge in [-0.05, 0) is 42.9 Å². The van der Waals surface area contributed by atoms with Crippen LogP contribution in [0.5, 0.6) is 0 Å². The molecule has 0 aromatic rings. The van der Waals surface area contributed by atoms with E-state index in [-0.39, 0.29) is 16.9 Å². The molecule has 2 nitrogen and oxygen atoms in total. The highest BCUT2D eigenvalue weighted by Crippen LogP contribution is 2.69. The van der Waals surface area contributed by atoms with E-state index in [2.05, 4.69) is 27.7 Å². The zero-order valence-electron chi connectivity index (χ0n) is 11.6. The van der Waals surface area contributed by atoms with Crippen molar-refractivity contribution in [3.05, 3.63) is 0 Å². The van der Waals surface area contributed by atoms with Gasteiger partial charge in [0.15, 0.2) is 5.79 Å². The Morgan fingerprint density at radius 1 is 1.18 bits per heavy atom. The standard InChI is InChI=1S/C15H26O2/c1-10(2)11-8-14(4)13(3)6-5-7-15(14,16)17-12(11)9-13/h10-12,16H,5-9H2,1-4H3/t11-,12+,13-,14+,15-/m0/s1. The van der Waals surface area contributed by atoms with Crippen LogP contribution in [0.2, 0.25) is 0 Å². The molecule has 17 heavy (non-hydrogen) atoms. The molecule has 5 atom stereocenters. The van der Waals surface area contributed by atoms with Gasteiger partial charge in [0.05, 0.1) is 6.10 Å². The van der Waals surface area contributed by atoms with Gasteiger partial charge in [-0.25, -0.2) is 0 Å². The lowest BCUT2D eigenvalue weighted by Crippen LogP contribution is -2.71. The summed E-state index contributed by atoms with van der Waals surface area (Å²) in [6.45, 7) is 9.24. The van der Waals surface area contributed by atoms with Crippen molar-refractivity contribution >= 4 is 0 Å². The maximum absolute atomic E-state index is 10.9. The van der Waals surface area contributed by atoms with Gasteiger partial charge in [0.1, 0.15) is 0 Å². The quantitative estimate of drug-likeness (QED) is 0.759. The number of hydrogen-bond acceptors (Lipinski definition) is 2. The minimum Gasteiger partial charge on any atom is -0.365 e. The van der Waals surface area contributed by atoms with Crippen LogP contribution in [0.1, 0.15) is 59.8 Å². The van der Waals surface area contributed by atoms with Gasteiger partial charge in [-0.3, -0.25) is 0 Å². The molecule has 0 aromatic heterocycles. The fraction of sp³-hybridized carbons (Fsp3) is 1.00. The monoisotopic (exact) mass is 238 g/mol. The highest BCUT2D eigenvalue weighted by atomic mass is 16.6. The normalized spacial score (nSPS) is 57.5. The van der Waals surface area contributed by atoms with E-state index < -0.39 is 5.79 Å². The van der Waals surface area contributed by atoms with E-state index in [1.165, 1.54) is 6.42 Å². The average molecular weight is 238 g/mol. The van der Waals surface area contributed by atoms with E-state index >= 15 is 0 Å².